The number of sulfonamides is 1. The van der Waals surface area contributed by atoms with Gasteiger partial charge >= 0.3 is 0 Å². The molecule has 0 heterocycles. The summed E-state index contributed by atoms with van der Waals surface area (Å²) >= 11 is 0. The highest BCUT2D eigenvalue weighted by molar-refractivity contribution is 7.89. The van der Waals surface area contributed by atoms with Gasteiger partial charge in [-0.3, -0.25) is 4.79 Å². The van der Waals surface area contributed by atoms with Gasteiger partial charge in [-0.15, -0.1) is 0 Å². The molecule has 0 spiro atoms. The molecule has 1 saturated carbocycles. The van der Waals surface area contributed by atoms with Gasteiger partial charge in [0.05, 0.1) is 4.90 Å². The van der Waals surface area contributed by atoms with E-state index >= 15 is 0 Å². The fraction of sp³-hybridized carbons (Fsp3) is 0.533. The highest BCUT2D eigenvalue weighted by Gasteiger charge is 2.28. The maximum atomic E-state index is 12.4. The molecule has 2 rings (SSSR count). The minimum atomic E-state index is -3.53. The van der Waals surface area contributed by atoms with E-state index in [9.17, 15) is 13.2 Å². The van der Waals surface area contributed by atoms with Crippen molar-refractivity contribution in [1.29, 1.82) is 0 Å². The number of benzene rings is 1. The Morgan fingerprint density at radius 2 is 2.10 bits per heavy atom. The molecule has 1 aliphatic rings. The van der Waals surface area contributed by atoms with Gasteiger partial charge in [-0.1, -0.05) is 13.0 Å². The molecule has 0 aliphatic heterocycles. The molecular formula is C15H22N2O3S. The van der Waals surface area contributed by atoms with Gasteiger partial charge in [-0.2, -0.15) is 0 Å². The molecule has 1 unspecified atom stereocenters. The van der Waals surface area contributed by atoms with E-state index in [2.05, 4.69) is 4.72 Å². The van der Waals surface area contributed by atoms with Crippen LogP contribution in [-0.2, 0) is 10.0 Å². The Morgan fingerprint density at radius 1 is 1.43 bits per heavy atom. The first-order valence-corrected chi connectivity index (χ1v) is 8.73. The summed E-state index contributed by atoms with van der Waals surface area (Å²) < 4.78 is 27.0. The first kappa shape index (κ1) is 16.0. The third kappa shape index (κ3) is 3.83. The van der Waals surface area contributed by atoms with Crippen molar-refractivity contribution in [3.8, 4) is 0 Å². The van der Waals surface area contributed by atoms with Crippen LogP contribution in [0.4, 0.5) is 0 Å². The lowest BCUT2D eigenvalue weighted by molar-refractivity contribution is 0.0740. The highest BCUT2D eigenvalue weighted by atomic mass is 32.2. The van der Waals surface area contributed by atoms with E-state index in [1.807, 2.05) is 13.8 Å². The van der Waals surface area contributed by atoms with Crippen LogP contribution in [0.15, 0.2) is 29.2 Å². The van der Waals surface area contributed by atoms with Crippen molar-refractivity contribution in [2.45, 2.75) is 50.1 Å². The van der Waals surface area contributed by atoms with Gasteiger partial charge in [-0.25, -0.2) is 13.1 Å². The second kappa shape index (κ2) is 6.15. The molecule has 1 aromatic carbocycles. The van der Waals surface area contributed by atoms with Crippen molar-refractivity contribution in [2.24, 2.45) is 0 Å². The summed E-state index contributed by atoms with van der Waals surface area (Å²) in [4.78, 5) is 14.2. The summed E-state index contributed by atoms with van der Waals surface area (Å²) in [5.74, 6) is -0.159. The fourth-order valence-corrected chi connectivity index (χ4v) is 3.31. The van der Waals surface area contributed by atoms with Crippen LogP contribution in [0.1, 0.15) is 43.5 Å². The minimum absolute atomic E-state index is 0.0529. The summed E-state index contributed by atoms with van der Waals surface area (Å²) in [5.41, 5.74) is 0.400. The summed E-state index contributed by atoms with van der Waals surface area (Å²) in [6, 6.07) is 6.40. The molecule has 1 atom stereocenters. The summed E-state index contributed by atoms with van der Waals surface area (Å²) in [7, 11) is -1.79. The lowest BCUT2D eigenvalue weighted by atomic mass is 10.1. The Hall–Kier alpha value is -1.40. The van der Waals surface area contributed by atoms with Gasteiger partial charge in [0.15, 0.2) is 0 Å². The molecule has 5 nitrogen and oxygen atoms in total. The number of nitrogens with one attached hydrogen (secondary N) is 1. The number of amides is 1. The van der Waals surface area contributed by atoms with Crippen molar-refractivity contribution < 1.29 is 13.2 Å². The average Bonchev–Trinajstić information content (AvgIpc) is 3.28. The van der Waals surface area contributed by atoms with Gasteiger partial charge in [0, 0.05) is 24.7 Å². The van der Waals surface area contributed by atoms with Crippen molar-refractivity contribution in [3.05, 3.63) is 29.8 Å². The summed E-state index contributed by atoms with van der Waals surface area (Å²) in [6.45, 7) is 3.97. The summed E-state index contributed by atoms with van der Waals surface area (Å²) in [6.07, 6.45) is 2.62. The Bertz CT molecular complexity index is 624. The topological polar surface area (TPSA) is 66.5 Å². The molecule has 0 radical (unpaired) electrons. The van der Waals surface area contributed by atoms with Crippen molar-refractivity contribution >= 4 is 15.9 Å². The molecule has 116 valence electrons. The van der Waals surface area contributed by atoms with E-state index in [0.717, 1.165) is 19.3 Å². The Labute approximate surface area is 126 Å². The van der Waals surface area contributed by atoms with Crippen LogP contribution in [0, 0.1) is 0 Å². The molecule has 0 saturated heterocycles. The predicted molar refractivity (Wildman–Crippen MR) is 81.6 cm³/mol. The molecule has 21 heavy (non-hydrogen) atoms. The minimum Gasteiger partial charge on any atom is -0.339 e. The second-order valence-electron chi connectivity index (χ2n) is 5.60. The average molecular weight is 310 g/mol. The van der Waals surface area contributed by atoms with Gasteiger partial charge < -0.3 is 4.90 Å². The molecule has 1 amide bonds. The Kier molecular flexibility index (Phi) is 4.68. The molecule has 1 aromatic rings. The van der Waals surface area contributed by atoms with E-state index in [1.54, 1.807) is 24.1 Å². The van der Waals surface area contributed by atoms with E-state index < -0.39 is 10.0 Å². The predicted octanol–water partition coefficient (Wildman–Crippen LogP) is 2.00. The van der Waals surface area contributed by atoms with Gasteiger partial charge in [0.1, 0.15) is 0 Å². The second-order valence-corrected chi connectivity index (χ2v) is 7.31. The molecule has 1 aliphatic carbocycles. The number of rotatable bonds is 6. The Morgan fingerprint density at radius 3 is 2.67 bits per heavy atom. The summed E-state index contributed by atoms with van der Waals surface area (Å²) in [5, 5.41) is 0. The highest BCUT2D eigenvalue weighted by Crippen LogP contribution is 2.22. The number of carbonyl (C=O) groups is 1. The standard InChI is InChI=1S/C15H22N2O3S/c1-4-11(2)17(3)15(18)12-6-5-7-14(10-12)21(19,20)16-13-8-9-13/h5-7,10-11,13,16H,4,8-9H2,1-3H3. The van der Waals surface area contributed by atoms with E-state index in [4.69, 9.17) is 0 Å². The molecule has 0 bridgehead atoms. The van der Waals surface area contributed by atoms with Crippen LogP contribution < -0.4 is 4.72 Å². The molecular weight excluding hydrogens is 288 g/mol. The van der Waals surface area contributed by atoms with Gasteiger partial charge in [0.2, 0.25) is 10.0 Å². The van der Waals surface area contributed by atoms with Gasteiger partial charge in [-0.05, 0) is 44.4 Å². The first-order chi connectivity index (χ1) is 9.85. The zero-order valence-corrected chi connectivity index (χ0v) is 13.5. The zero-order chi connectivity index (χ0) is 15.6. The van der Waals surface area contributed by atoms with E-state index in [1.165, 1.54) is 12.1 Å². The normalized spacial score (nSPS) is 16.5. The SMILES string of the molecule is CCC(C)N(C)C(=O)c1cccc(S(=O)(=O)NC2CC2)c1. The lowest BCUT2D eigenvalue weighted by Gasteiger charge is -2.24. The van der Waals surface area contributed by atoms with E-state index in [-0.39, 0.29) is 22.9 Å². The molecule has 0 aromatic heterocycles. The van der Waals surface area contributed by atoms with Crippen molar-refractivity contribution in [3.63, 3.8) is 0 Å². The smallest absolute Gasteiger partial charge is 0.253 e. The van der Waals surface area contributed by atoms with Gasteiger partial charge in [0.25, 0.3) is 5.91 Å². The Balaban J connectivity index is 2.22. The lowest BCUT2D eigenvalue weighted by Crippen LogP contribution is -2.34. The van der Waals surface area contributed by atoms with Crippen LogP contribution in [0.5, 0.6) is 0 Å². The zero-order valence-electron chi connectivity index (χ0n) is 12.7. The van der Waals surface area contributed by atoms with Crippen LogP contribution in [0.2, 0.25) is 0 Å². The van der Waals surface area contributed by atoms with Crippen LogP contribution in [0.3, 0.4) is 0 Å². The number of hydrogen-bond donors (Lipinski definition) is 1. The van der Waals surface area contributed by atoms with Crippen LogP contribution in [0.25, 0.3) is 0 Å². The molecule has 1 fully saturated rings. The van der Waals surface area contributed by atoms with Crippen molar-refractivity contribution in [2.75, 3.05) is 7.05 Å². The molecule has 1 N–H and O–H groups in total. The van der Waals surface area contributed by atoms with Crippen LogP contribution >= 0.6 is 0 Å². The van der Waals surface area contributed by atoms with Crippen molar-refractivity contribution in [1.82, 2.24) is 9.62 Å². The number of hydrogen-bond acceptors (Lipinski definition) is 3. The number of nitrogens with zero attached hydrogens (tertiary/aromatic N) is 1. The third-order valence-corrected chi connectivity index (χ3v) is 5.38. The quantitative estimate of drug-likeness (QED) is 0.874. The monoisotopic (exact) mass is 310 g/mol. The molecule has 6 heteroatoms. The maximum absolute atomic E-state index is 12.4. The largest absolute Gasteiger partial charge is 0.339 e. The maximum Gasteiger partial charge on any atom is 0.253 e. The van der Waals surface area contributed by atoms with Crippen LogP contribution in [-0.4, -0.2) is 38.4 Å². The number of carbonyl (C=O) groups excluding carboxylic acids is 1. The third-order valence-electron chi connectivity index (χ3n) is 3.86. The van der Waals surface area contributed by atoms with E-state index in [0.29, 0.717) is 5.56 Å². The fourth-order valence-electron chi connectivity index (χ4n) is 1.96. The first-order valence-electron chi connectivity index (χ1n) is 7.24.